The fourth-order valence-electron chi connectivity index (χ4n) is 2.61. The molecule has 4 nitrogen and oxygen atoms in total. The van der Waals surface area contributed by atoms with Crippen molar-refractivity contribution in [2.24, 2.45) is 0 Å². The van der Waals surface area contributed by atoms with Gasteiger partial charge in [-0.2, -0.15) is 0 Å². The van der Waals surface area contributed by atoms with E-state index < -0.39 is 4.92 Å². The van der Waals surface area contributed by atoms with Crippen molar-refractivity contribution in [3.05, 3.63) is 63.7 Å². The van der Waals surface area contributed by atoms with Crippen molar-refractivity contribution in [1.82, 2.24) is 0 Å². The van der Waals surface area contributed by atoms with Crippen molar-refractivity contribution >= 4 is 5.69 Å². The number of nitro benzene ring substituents is 1. The van der Waals surface area contributed by atoms with Gasteiger partial charge in [0, 0.05) is 18.1 Å². The van der Waals surface area contributed by atoms with Crippen LogP contribution in [0.5, 0.6) is 0 Å². The second-order valence-corrected chi connectivity index (χ2v) is 4.35. The third-order valence-corrected chi connectivity index (χ3v) is 3.43. The summed E-state index contributed by atoms with van der Waals surface area (Å²) in [6.07, 6.45) is 0. The van der Waals surface area contributed by atoms with Crippen molar-refractivity contribution in [2.75, 3.05) is 6.61 Å². The Balaban J connectivity index is 2.24. The van der Waals surface area contributed by atoms with Crippen molar-refractivity contribution in [3.8, 4) is 11.1 Å². The minimum Gasteiger partial charge on any atom is -0.395 e. The Hall–Kier alpha value is -2.20. The highest BCUT2D eigenvalue weighted by molar-refractivity contribution is 5.79. The summed E-state index contributed by atoms with van der Waals surface area (Å²) >= 11 is 0. The van der Waals surface area contributed by atoms with E-state index in [0.717, 1.165) is 22.3 Å². The first-order valence-electron chi connectivity index (χ1n) is 5.71. The third-order valence-electron chi connectivity index (χ3n) is 3.43. The number of benzene rings is 2. The standard InChI is InChI=1S/C14H11NO3/c16-8-14-11-4-2-1-3-10(11)12-6-5-9(15(17)18)7-13(12)14/h1-7,14,16H,8H2. The Morgan fingerprint density at radius 3 is 2.56 bits per heavy atom. The Kier molecular flexibility index (Phi) is 2.38. The Bertz CT molecular complexity index is 637. The van der Waals surface area contributed by atoms with E-state index in [-0.39, 0.29) is 18.2 Å². The number of rotatable bonds is 2. The molecule has 1 atom stereocenters. The molecule has 4 heteroatoms. The minimum absolute atomic E-state index is 0.0365. The molecule has 0 aromatic heterocycles. The summed E-state index contributed by atoms with van der Waals surface area (Å²) in [5.41, 5.74) is 3.99. The molecule has 1 unspecified atom stereocenters. The van der Waals surface area contributed by atoms with Crippen LogP contribution in [0.4, 0.5) is 5.69 Å². The molecule has 18 heavy (non-hydrogen) atoms. The number of hydrogen-bond donors (Lipinski definition) is 1. The van der Waals surface area contributed by atoms with E-state index in [0.29, 0.717) is 0 Å². The fraction of sp³-hybridized carbons (Fsp3) is 0.143. The quantitative estimate of drug-likeness (QED) is 0.649. The van der Waals surface area contributed by atoms with Gasteiger partial charge in [-0.25, -0.2) is 0 Å². The average Bonchev–Trinajstić information content (AvgIpc) is 2.71. The molecular formula is C14H11NO3. The molecule has 1 aliphatic rings. The molecule has 0 saturated heterocycles. The molecule has 0 aliphatic heterocycles. The van der Waals surface area contributed by atoms with E-state index >= 15 is 0 Å². The van der Waals surface area contributed by atoms with Gasteiger partial charge in [-0.1, -0.05) is 24.3 Å². The molecule has 90 valence electrons. The lowest BCUT2D eigenvalue weighted by Crippen LogP contribution is -2.02. The molecule has 0 bridgehead atoms. The van der Waals surface area contributed by atoms with Crippen molar-refractivity contribution in [3.63, 3.8) is 0 Å². The molecule has 0 spiro atoms. The molecule has 0 saturated carbocycles. The molecule has 3 rings (SSSR count). The summed E-state index contributed by atoms with van der Waals surface area (Å²) in [5.74, 6) is -0.156. The first-order valence-corrected chi connectivity index (χ1v) is 5.71. The molecule has 1 N–H and O–H groups in total. The average molecular weight is 241 g/mol. The lowest BCUT2D eigenvalue weighted by Gasteiger charge is -2.08. The zero-order chi connectivity index (χ0) is 12.7. The summed E-state index contributed by atoms with van der Waals surface area (Å²) in [4.78, 5) is 10.4. The molecule has 0 fully saturated rings. The number of non-ortho nitro benzene ring substituents is 1. The van der Waals surface area contributed by atoms with Gasteiger partial charge < -0.3 is 5.11 Å². The normalized spacial score (nSPS) is 16.2. The maximum absolute atomic E-state index is 10.8. The van der Waals surface area contributed by atoms with Crippen LogP contribution in [0.25, 0.3) is 11.1 Å². The topological polar surface area (TPSA) is 63.4 Å². The van der Waals surface area contributed by atoms with Gasteiger partial charge in [0.05, 0.1) is 11.5 Å². The van der Waals surface area contributed by atoms with Gasteiger partial charge in [-0.15, -0.1) is 0 Å². The number of nitro groups is 1. The maximum atomic E-state index is 10.8. The summed E-state index contributed by atoms with van der Waals surface area (Å²) < 4.78 is 0. The highest BCUT2D eigenvalue weighted by Gasteiger charge is 2.29. The van der Waals surface area contributed by atoms with Gasteiger partial charge in [-0.05, 0) is 28.3 Å². The summed E-state index contributed by atoms with van der Waals surface area (Å²) in [6.45, 7) is -0.0365. The first kappa shape index (κ1) is 10.9. The largest absolute Gasteiger partial charge is 0.395 e. The Morgan fingerprint density at radius 1 is 1.11 bits per heavy atom. The van der Waals surface area contributed by atoms with E-state index in [9.17, 15) is 15.2 Å². The first-order chi connectivity index (χ1) is 8.72. The van der Waals surface area contributed by atoms with Crippen LogP contribution < -0.4 is 0 Å². The third kappa shape index (κ3) is 1.43. The highest BCUT2D eigenvalue weighted by atomic mass is 16.6. The predicted octanol–water partition coefficient (Wildman–Crippen LogP) is 2.70. The van der Waals surface area contributed by atoms with Crippen LogP contribution in [0, 0.1) is 10.1 Å². The second kappa shape index (κ2) is 3.92. The van der Waals surface area contributed by atoms with Crippen molar-refractivity contribution in [1.29, 1.82) is 0 Å². The van der Waals surface area contributed by atoms with Gasteiger partial charge in [-0.3, -0.25) is 10.1 Å². The number of hydrogen-bond acceptors (Lipinski definition) is 3. The zero-order valence-electron chi connectivity index (χ0n) is 9.54. The molecular weight excluding hydrogens is 230 g/mol. The number of fused-ring (bicyclic) bond motifs is 3. The van der Waals surface area contributed by atoms with Gasteiger partial charge in [0.2, 0.25) is 0 Å². The monoisotopic (exact) mass is 241 g/mol. The van der Waals surface area contributed by atoms with Gasteiger partial charge in [0.1, 0.15) is 0 Å². The van der Waals surface area contributed by atoms with Gasteiger partial charge in [0.25, 0.3) is 5.69 Å². The second-order valence-electron chi connectivity index (χ2n) is 4.35. The van der Waals surface area contributed by atoms with Gasteiger partial charge in [0.15, 0.2) is 0 Å². The lowest BCUT2D eigenvalue weighted by molar-refractivity contribution is -0.384. The van der Waals surface area contributed by atoms with Crippen molar-refractivity contribution < 1.29 is 10.0 Å². The van der Waals surface area contributed by atoms with E-state index in [4.69, 9.17) is 0 Å². The summed E-state index contributed by atoms with van der Waals surface area (Å²) in [5, 5.41) is 20.3. The summed E-state index contributed by atoms with van der Waals surface area (Å²) in [7, 11) is 0. The SMILES string of the molecule is O=[N+]([O-])c1ccc2c(c1)C(CO)c1ccccc1-2. The van der Waals surface area contributed by atoms with Crippen LogP contribution in [-0.2, 0) is 0 Å². The minimum atomic E-state index is -0.405. The molecule has 2 aromatic carbocycles. The summed E-state index contributed by atoms with van der Waals surface area (Å²) in [6, 6.07) is 12.6. The lowest BCUT2D eigenvalue weighted by atomic mass is 9.98. The van der Waals surface area contributed by atoms with Crippen molar-refractivity contribution in [2.45, 2.75) is 5.92 Å². The predicted molar refractivity (Wildman–Crippen MR) is 67.5 cm³/mol. The number of aliphatic hydroxyl groups excluding tert-OH is 1. The van der Waals surface area contributed by atoms with Gasteiger partial charge >= 0.3 is 0 Å². The molecule has 0 radical (unpaired) electrons. The van der Waals surface area contributed by atoms with Crippen LogP contribution in [0.2, 0.25) is 0 Å². The van der Waals surface area contributed by atoms with Crippen LogP contribution >= 0.6 is 0 Å². The van der Waals surface area contributed by atoms with E-state index in [2.05, 4.69) is 0 Å². The molecule has 0 heterocycles. The van der Waals surface area contributed by atoms with Crippen LogP contribution in [-0.4, -0.2) is 16.6 Å². The number of aliphatic hydroxyl groups is 1. The number of nitrogens with zero attached hydrogens (tertiary/aromatic N) is 1. The Morgan fingerprint density at radius 2 is 1.83 bits per heavy atom. The smallest absolute Gasteiger partial charge is 0.269 e. The molecule has 2 aromatic rings. The van der Waals surface area contributed by atoms with E-state index in [1.807, 2.05) is 24.3 Å². The van der Waals surface area contributed by atoms with Crippen LogP contribution in [0.1, 0.15) is 17.0 Å². The molecule has 0 amide bonds. The maximum Gasteiger partial charge on any atom is 0.269 e. The fourth-order valence-corrected chi connectivity index (χ4v) is 2.61. The zero-order valence-corrected chi connectivity index (χ0v) is 9.54. The highest BCUT2D eigenvalue weighted by Crippen LogP contribution is 2.45. The Labute approximate surface area is 104 Å². The molecule has 1 aliphatic carbocycles. The van der Waals surface area contributed by atoms with Crippen LogP contribution in [0.15, 0.2) is 42.5 Å². The van der Waals surface area contributed by atoms with E-state index in [1.165, 1.54) is 6.07 Å². The van der Waals surface area contributed by atoms with E-state index in [1.54, 1.807) is 12.1 Å². The van der Waals surface area contributed by atoms with Crippen LogP contribution in [0.3, 0.4) is 0 Å².